The zero-order valence-electron chi connectivity index (χ0n) is 21.7. The zero-order chi connectivity index (χ0) is 24.2. The van der Waals surface area contributed by atoms with Gasteiger partial charge in [-0.15, -0.1) is 0 Å². The summed E-state index contributed by atoms with van der Waals surface area (Å²) in [6.45, 7) is 16.8. The summed E-state index contributed by atoms with van der Waals surface area (Å²) in [5.74, 6) is 0. The smallest absolute Gasteiger partial charge is 0.399 e. The van der Waals surface area contributed by atoms with E-state index in [1.165, 1.54) is 20.9 Å². The van der Waals surface area contributed by atoms with Crippen LogP contribution in [-0.2, 0) is 18.6 Å². The monoisotopic (exact) mass is 466 g/mol. The zero-order valence-corrected chi connectivity index (χ0v) is 22.5. The summed E-state index contributed by atoms with van der Waals surface area (Å²) in [4.78, 5) is 2.77. The van der Waals surface area contributed by atoms with Crippen LogP contribution < -0.4 is 10.9 Å². The Kier molecular flexibility index (Phi) is 4.93. The van der Waals surface area contributed by atoms with E-state index >= 15 is 0 Å². The fourth-order valence-corrected chi connectivity index (χ4v) is 7.29. The predicted molar refractivity (Wildman–Crippen MR) is 139 cm³/mol. The Bertz CT molecular complexity index is 1020. The number of hydrogen-bond donors (Lipinski definition) is 0. The third kappa shape index (κ3) is 3.38. The van der Waals surface area contributed by atoms with Crippen LogP contribution in [0.15, 0.2) is 46.2 Å². The van der Waals surface area contributed by atoms with Crippen molar-refractivity contribution >= 4 is 35.2 Å². The summed E-state index contributed by atoms with van der Waals surface area (Å²) in [6, 6.07) is 13.4. The highest BCUT2D eigenvalue weighted by atomic mass is 32.3. The molecule has 0 atom stereocenters. The van der Waals surface area contributed by atoms with Crippen molar-refractivity contribution in [2.24, 2.45) is 0 Å². The van der Waals surface area contributed by atoms with Gasteiger partial charge in [-0.1, -0.05) is 24.3 Å². The second-order valence-electron chi connectivity index (χ2n) is 12.0. The van der Waals surface area contributed by atoms with E-state index in [1.807, 2.05) is 0 Å². The lowest BCUT2D eigenvalue weighted by atomic mass is 9.77. The van der Waals surface area contributed by atoms with Crippen LogP contribution >= 0.6 is 10.0 Å². The maximum atomic E-state index is 6.33. The maximum Gasteiger partial charge on any atom is 0.494 e. The first-order valence-corrected chi connectivity index (χ1v) is 14.2. The summed E-state index contributed by atoms with van der Waals surface area (Å²) >= 11 is 0. The second-order valence-corrected chi connectivity index (χ2v) is 15.5. The Morgan fingerprint density at radius 3 is 1.15 bits per heavy atom. The van der Waals surface area contributed by atoms with Gasteiger partial charge in [0.25, 0.3) is 0 Å². The van der Waals surface area contributed by atoms with Gasteiger partial charge in [-0.3, -0.25) is 0 Å². The maximum absolute atomic E-state index is 6.33. The standard InChI is InChI=1S/C26H36B2O4S/c1-23(2)24(3,4)30-27(29-23)17-11-13-19-20-14-12-18(16-22(20)33(9,10)21(19)15-17)28-31-25(5,6)26(7,8)32-28/h11-16H,1-10H3. The molecule has 7 heteroatoms. The first-order chi connectivity index (χ1) is 15.1. The van der Waals surface area contributed by atoms with Crippen molar-refractivity contribution in [2.45, 2.75) is 87.6 Å². The minimum absolute atomic E-state index is 0.347. The highest BCUT2D eigenvalue weighted by Crippen LogP contribution is 2.66. The van der Waals surface area contributed by atoms with Crippen molar-refractivity contribution in [1.29, 1.82) is 0 Å². The first-order valence-electron chi connectivity index (χ1n) is 11.8. The average molecular weight is 466 g/mol. The minimum atomic E-state index is -1.21. The van der Waals surface area contributed by atoms with Crippen molar-refractivity contribution in [3.63, 3.8) is 0 Å². The Morgan fingerprint density at radius 1 is 0.545 bits per heavy atom. The van der Waals surface area contributed by atoms with Crippen LogP contribution in [0.5, 0.6) is 0 Å². The molecule has 4 nitrogen and oxygen atoms in total. The Labute approximate surface area is 201 Å². The van der Waals surface area contributed by atoms with Crippen LogP contribution in [-0.4, -0.2) is 49.2 Å². The van der Waals surface area contributed by atoms with E-state index in [0.717, 1.165) is 10.9 Å². The Morgan fingerprint density at radius 2 is 0.848 bits per heavy atom. The molecule has 0 bridgehead atoms. The fraction of sp³-hybridized carbons (Fsp3) is 0.538. The topological polar surface area (TPSA) is 36.9 Å². The molecule has 0 aliphatic carbocycles. The van der Waals surface area contributed by atoms with Crippen molar-refractivity contribution in [3.8, 4) is 11.1 Å². The van der Waals surface area contributed by atoms with Gasteiger partial charge in [0.1, 0.15) is 0 Å². The Balaban J connectivity index is 1.50. The Hall–Kier alpha value is -1.24. The molecule has 2 aromatic carbocycles. The lowest BCUT2D eigenvalue weighted by Crippen LogP contribution is -2.41. The van der Waals surface area contributed by atoms with Crippen molar-refractivity contribution in [1.82, 2.24) is 0 Å². The first kappa shape index (κ1) is 23.5. The number of fused-ring (bicyclic) bond motifs is 3. The van der Waals surface area contributed by atoms with Crippen molar-refractivity contribution in [2.75, 3.05) is 12.5 Å². The summed E-state index contributed by atoms with van der Waals surface area (Å²) in [5.41, 5.74) is 3.41. The molecular formula is C26H36B2O4S. The van der Waals surface area contributed by atoms with E-state index in [-0.39, 0.29) is 36.6 Å². The number of hydrogen-bond acceptors (Lipinski definition) is 4. The van der Waals surface area contributed by atoms with E-state index < -0.39 is 10.0 Å². The van der Waals surface area contributed by atoms with Crippen molar-refractivity contribution in [3.05, 3.63) is 36.4 Å². The summed E-state index contributed by atoms with van der Waals surface area (Å²) in [5, 5.41) is 0. The summed E-state index contributed by atoms with van der Waals surface area (Å²) in [7, 11) is -1.90. The molecule has 0 unspecified atom stereocenters. The lowest BCUT2D eigenvalue weighted by molar-refractivity contribution is 0.00578. The van der Waals surface area contributed by atoms with E-state index in [1.54, 1.807) is 0 Å². The molecule has 0 amide bonds. The molecule has 0 aromatic heterocycles. The molecule has 0 spiro atoms. The molecule has 5 rings (SSSR count). The number of benzene rings is 2. The third-order valence-electron chi connectivity index (χ3n) is 8.45. The molecule has 176 valence electrons. The largest absolute Gasteiger partial charge is 0.494 e. The molecule has 2 saturated heterocycles. The van der Waals surface area contributed by atoms with Gasteiger partial charge in [0.05, 0.1) is 22.4 Å². The molecule has 0 radical (unpaired) electrons. The molecule has 3 aliphatic rings. The molecule has 3 heterocycles. The molecule has 0 N–H and O–H groups in total. The summed E-state index contributed by atoms with van der Waals surface area (Å²) < 4.78 is 25.3. The van der Waals surface area contributed by atoms with Crippen LogP contribution in [0.3, 0.4) is 0 Å². The molecule has 33 heavy (non-hydrogen) atoms. The van der Waals surface area contributed by atoms with Crippen LogP contribution in [0, 0.1) is 0 Å². The van der Waals surface area contributed by atoms with Gasteiger partial charge in [0, 0.05) is 9.79 Å². The minimum Gasteiger partial charge on any atom is -0.399 e. The molecule has 2 fully saturated rings. The van der Waals surface area contributed by atoms with Crippen LogP contribution in [0.2, 0.25) is 0 Å². The van der Waals surface area contributed by atoms with E-state index in [9.17, 15) is 0 Å². The third-order valence-corrected chi connectivity index (χ3v) is 11.3. The van der Waals surface area contributed by atoms with Crippen LogP contribution in [0.1, 0.15) is 55.4 Å². The van der Waals surface area contributed by atoms with Gasteiger partial charge in [0.2, 0.25) is 0 Å². The highest BCUT2D eigenvalue weighted by molar-refractivity contribution is 8.33. The SMILES string of the molecule is CC1(C)OB(c2ccc3c(c2)S(C)(C)c2cc(B4OC(C)(C)C(C)(C)O4)ccc2-3)OC1(C)C. The van der Waals surface area contributed by atoms with Gasteiger partial charge < -0.3 is 18.6 Å². The average Bonchev–Trinajstić information content (AvgIpc) is 3.16. The van der Waals surface area contributed by atoms with Crippen molar-refractivity contribution < 1.29 is 18.6 Å². The summed E-state index contributed by atoms with van der Waals surface area (Å²) in [6.07, 6.45) is 4.75. The van der Waals surface area contributed by atoms with Gasteiger partial charge in [-0.05, 0) is 102 Å². The molecular weight excluding hydrogens is 430 g/mol. The van der Waals surface area contributed by atoms with Crippen LogP contribution in [0.25, 0.3) is 11.1 Å². The fourth-order valence-electron chi connectivity index (χ4n) is 4.74. The molecule has 2 aromatic rings. The highest BCUT2D eigenvalue weighted by Gasteiger charge is 2.53. The van der Waals surface area contributed by atoms with E-state index in [4.69, 9.17) is 18.6 Å². The predicted octanol–water partition coefficient (Wildman–Crippen LogP) is 4.75. The van der Waals surface area contributed by atoms with Gasteiger partial charge >= 0.3 is 14.2 Å². The van der Waals surface area contributed by atoms with Gasteiger partial charge in [-0.25, -0.2) is 0 Å². The van der Waals surface area contributed by atoms with Gasteiger partial charge in [-0.2, -0.15) is 10.0 Å². The van der Waals surface area contributed by atoms with E-state index in [0.29, 0.717) is 0 Å². The van der Waals surface area contributed by atoms with Crippen LogP contribution in [0.4, 0.5) is 0 Å². The normalized spacial score (nSPS) is 26.2. The quantitative estimate of drug-likeness (QED) is 0.599. The van der Waals surface area contributed by atoms with Gasteiger partial charge in [0.15, 0.2) is 0 Å². The second kappa shape index (κ2) is 6.92. The molecule has 0 saturated carbocycles. The number of rotatable bonds is 2. The molecule has 3 aliphatic heterocycles. The van der Waals surface area contributed by atoms with E-state index in [2.05, 4.69) is 104 Å². The lowest BCUT2D eigenvalue weighted by Gasteiger charge is -2.32.